The zero-order valence-electron chi connectivity index (χ0n) is 7.92. The minimum Gasteiger partial charge on any atom is -0.339 e. The normalized spacial score (nSPS) is 23.3. The molecule has 1 unspecified atom stereocenters. The summed E-state index contributed by atoms with van der Waals surface area (Å²) in [5, 5.41) is 7.32. The van der Waals surface area contributed by atoms with Crippen LogP contribution in [0, 0.1) is 0 Å². The van der Waals surface area contributed by atoms with Gasteiger partial charge in [-0.15, -0.1) is 0 Å². The van der Waals surface area contributed by atoms with E-state index < -0.39 is 0 Å². The number of nitrogens with one attached hydrogen (secondary N) is 1. The van der Waals surface area contributed by atoms with Gasteiger partial charge in [0.15, 0.2) is 5.82 Å². The summed E-state index contributed by atoms with van der Waals surface area (Å²) in [6.45, 7) is 4.13. The van der Waals surface area contributed by atoms with Gasteiger partial charge in [0.1, 0.15) is 0 Å². The van der Waals surface area contributed by atoms with E-state index in [0.29, 0.717) is 5.92 Å². The van der Waals surface area contributed by atoms with Gasteiger partial charge in [-0.2, -0.15) is 4.98 Å². The van der Waals surface area contributed by atoms with E-state index in [1.54, 1.807) is 0 Å². The van der Waals surface area contributed by atoms with E-state index >= 15 is 0 Å². The first-order valence-corrected chi connectivity index (χ1v) is 4.93. The Bertz CT molecular complexity index is 266. The molecule has 2 heterocycles. The van der Waals surface area contributed by atoms with Crippen molar-refractivity contribution in [3.63, 3.8) is 0 Å². The highest BCUT2D eigenvalue weighted by molar-refractivity contribution is 4.97. The number of hydrogen-bond donors (Lipinski definition) is 1. The molecule has 0 radical (unpaired) electrons. The lowest BCUT2D eigenvalue weighted by molar-refractivity contribution is 0.364. The Labute approximate surface area is 77.7 Å². The lowest BCUT2D eigenvalue weighted by Gasteiger charge is -2.19. The van der Waals surface area contributed by atoms with E-state index in [1.807, 2.05) is 6.92 Å². The molecule has 0 aromatic carbocycles. The number of aryl methyl sites for hydroxylation is 1. The van der Waals surface area contributed by atoms with Crippen LogP contribution in [0.5, 0.6) is 0 Å². The minimum atomic E-state index is 0.456. The number of nitrogens with zero attached hydrogens (tertiary/aromatic N) is 2. The largest absolute Gasteiger partial charge is 0.339 e. The van der Waals surface area contributed by atoms with Crippen LogP contribution < -0.4 is 5.32 Å². The lowest BCUT2D eigenvalue weighted by atomic mass is 9.99. The van der Waals surface area contributed by atoms with Crippen LogP contribution >= 0.6 is 0 Å². The third kappa shape index (κ3) is 1.88. The van der Waals surface area contributed by atoms with Gasteiger partial charge in [-0.05, 0) is 19.4 Å². The van der Waals surface area contributed by atoms with Crippen molar-refractivity contribution in [3.8, 4) is 0 Å². The number of rotatable bonds is 2. The molecular weight excluding hydrogens is 166 g/mol. The number of hydrogen-bond acceptors (Lipinski definition) is 4. The topological polar surface area (TPSA) is 51.0 Å². The standard InChI is InChI=1S/C9H15N3O/c1-2-8-11-9(12-13-8)7-4-3-5-10-6-7/h7,10H,2-6H2,1H3. The molecule has 0 aliphatic carbocycles. The van der Waals surface area contributed by atoms with Gasteiger partial charge >= 0.3 is 0 Å². The summed E-state index contributed by atoms with van der Waals surface area (Å²) >= 11 is 0. The quantitative estimate of drug-likeness (QED) is 0.742. The van der Waals surface area contributed by atoms with Gasteiger partial charge in [0.2, 0.25) is 5.89 Å². The molecule has 4 heteroatoms. The van der Waals surface area contributed by atoms with Crippen LogP contribution in [0.2, 0.25) is 0 Å². The highest BCUT2D eigenvalue weighted by Crippen LogP contribution is 2.20. The van der Waals surface area contributed by atoms with E-state index in [-0.39, 0.29) is 0 Å². The summed E-state index contributed by atoms with van der Waals surface area (Å²) in [6.07, 6.45) is 3.21. The molecule has 72 valence electrons. The average Bonchev–Trinajstić information content (AvgIpc) is 2.67. The lowest BCUT2D eigenvalue weighted by Crippen LogP contribution is -2.28. The van der Waals surface area contributed by atoms with Crippen molar-refractivity contribution in [1.29, 1.82) is 0 Å². The van der Waals surface area contributed by atoms with Crippen molar-refractivity contribution in [2.75, 3.05) is 13.1 Å². The zero-order valence-corrected chi connectivity index (χ0v) is 7.92. The van der Waals surface area contributed by atoms with Gasteiger partial charge in [0.05, 0.1) is 0 Å². The highest BCUT2D eigenvalue weighted by atomic mass is 16.5. The van der Waals surface area contributed by atoms with Crippen LogP contribution in [-0.2, 0) is 6.42 Å². The van der Waals surface area contributed by atoms with Crippen molar-refractivity contribution >= 4 is 0 Å². The predicted octanol–water partition coefficient (Wildman–Crippen LogP) is 1.10. The monoisotopic (exact) mass is 181 g/mol. The van der Waals surface area contributed by atoms with E-state index in [9.17, 15) is 0 Å². The molecule has 1 fully saturated rings. The SMILES string of the molecule is CCc1nc(C2CCCNC2)no1. The highest BCUT2D eigenvalue weighted by Gasteiger charge is 2.19. The fraction of sp³-hybridized carbons (Fsp3) is 0.778. The predicted molar refractivity (Wildman–Crippen MR) is 48.5 cm³/mol. The third-order valence-corrected chi connectivity index (χ3v) is 2.45. The molecule has 0 saturated carbocycles. The van der Waals surface area contributed by atoms with Crippen LogP contribution in [0.25, 0.3) is 0 Å². The zero-order chi connectivity index (χ0) is 9.10. The van der Waals surface area contributed by atoms with Crippen LogP contribution in [0.3, 0.4) is 0 Å². The Morgan fingerprint density at radius 3 is 3.15 bits per heavy atom. The van der Waals surface area contributed by atoms with E-state index in [0.717, 1.165) is 31.2 Å². The third-order valence-electron chi connectivity index (χ3n) is 2.45. The Hall–Kier alpha value is -0.900. The fourth-order valence-corrected chi connectivity index (χ4v) is 1.65. The molecule has 0 amide bonds. The van der Waals surface area contributed by atoms with Crippen LogP contribution in [0.1, 0.15) is 37.4 Å². The van der Waals surface area contributed by atoms with E-state index in [4.69, 9.17) is 4.52 Å². The van der Waals surface area contributed by atoms with Gasteiger partial charge in [0, 0.05) is 18.9 Å². The first kappa shape index (κ1) is 8.69. The molecule has 0 spiro atoms. The second-order valence-electron chi connectivity index (χ2n) is 3.44. The van der Waals surface area contributed by atoms with Gasteiger partial charge < -0.3 is 9.84 Å². The number of aromatic nitrogens is 2. The van der Waals surface area contributed by atoms with Crippen molar-refractivity contribution in [2.45, 2.75) is 32.1 Å². The summed E-state index contributed by atoms with van der Waals surface area (Å²) < 4.78 is 5.08. The smallest absolute Gasteiger partial charge is 0.226 e. The molecule has 0 bridgehead atoms. The molecular formula is C9H15N3O. The molecule has 1 aromatic heterocycles. The van der Waals surface area contributed by atoms with Crippen LogP contribution in [0.15, 0.2) is 4.52 Å². The van der Waals surface area contributed by atoms with Crippen molar-refractivity contribution in [2.24, 2.45) is 0 Å². The summed E-state index contributed by atoms with van der Waals surface area (Å²) in [6, 6.07) is 0. The minimum absolute atomic E-state index is 0.456. The first-order chi connectivity index (χ1) is 6.40. The molecule has 1 aliphatic rings. The molecule has 13 heavy (non-hydrogen) atoms. The Morgan fingerprint density at radius 1 is 1.62 bits per heavy atom. The number of piperidine rings is 1. The summed E-state index contributed by atoms with van der Waals surface area (Å²) in [5.74, 6) is 2.09. The van der Waals surface area contributed by atoms with Gasteiger partial charge in [-0.25, -0.2) is 0 Å². The Kier molecular flexibility index (Phi) is 2.59. The maximum atomic E-state index is 5.08. The van der Waals surface area contributed by atoms with Crippen LogP contribution in [0.4, 0.5) is 0 Å². The summed E-state index contributed by atoms with van der Waals surface area (Å²) in [7, 11) is 0. The molecule has 1 aromatic rings. The van der Waals surface area contributed by atoms with E-state index in [1.165, 1.54) is 12.8 Å². The van der Waals surface area contributed by atoms with Crippen molar-refractivity contribution in [3.05, 3.63) is 11.7 Å². The van der Waals surface area contributed by atoms with Crippen molar-refractivity contribution in [1.82, 2.24) is 15.5 Å². The van der Waals surface area contributed by atoms with Gasteiger partial charge in [-0.1, -0.05) is 12.1 Å². The second kappa shape index (κ2) is 3.87. The fourth-order valence-electron chi connectivity index (χ4n) is 1.65. The maximum Gasteiger partial charge on any atom is 0.226 e. The molecule has 2 rings (SSSR count). The molecule has 4 nitrogen and oxygen atoms in total. The van der Waals surface area contributed by atoms with Crippen LogP contribution in [-0.4, -0.2) is 23.2 Å². The Morgan fingerprint density at radius 2 is 2.54 bits per heavy atom. The Balaban J connectivity index is 2.05. The van der Waals surface area contributed by atoms with Gasteiger partial charge in [0.25, 0.3) is 0 Å². The van der Waals surface area contributed by atoms with Gasteiger partial charge in [-0.3, -0.25) is 0 Å². The van der Waals surface area contributed by atoms with Crippen molar-refractivity contribution < 1.29 is 4.52 Å². The average molecular weight is 181 g/mol. The molecule has 1 saturated heterocycles. The summed E-state index contributed by atoms with van der Waals surface area (Å²) in [5.41, 5.74) is 0. The molecule has 1 atom stereocenters. The molecule has 1 aliphatic heterocycles. The van der Waals surface area contributed by atoms with E-state index in [2.05, 4.69) is 15.5 Å². The summed E-state index contributed by atoms with van der Waals surface area (Å²) in [4.78, 5) is 4.33. The maximum absolute atomic E-state index is 5.08. The molecule has 1 N–H and O–H groups in total. The first-order valence-electron chi connectivity index (χ1n) is 4.93. The second-order valence-corrected chi connectivity index (χ2v) is 3.44.